The number of aryl methyl sites for hydroxylation is 1. The van der Waals surface area contributed by atoms with Crippen molar-refractivity contribution in [2.75, 3.05) is 50.0 Å². The number of nitrogens with one attached hydrogen (secondary N) is 1. The monoisotopic (exact) mass is 428 g/mol. The summed E-state index contributed by atoms with van der Waals surface area (Å²) in [6.07, 6.45) is 1.01. The van der Waals surface area contributed by atoms with E-state index in [0.29, 0.717) is 0 Å². The molecule has 2 aromatic rings. The van der Waals surface area contributed by atoms with Crippen LogP contribution in [-0.4, -0.2) is 55.6 Å². The Balaban J connectivity index is 1.60. The molecule has 0 atom stereocenters. The molecule has 0 bridgehead atoms. The maximum Gasteiger partial charge on any atom is 0.321 e. The van der Waals surface area contributed by atoms with Crippen molar-refractivity contribution in [3.63, 3.8) is 0 Å². The average molecular weight is 429 g/mol. The molecule has 6 heteroatoms. The van der Waals surface area contributed by atoms with Gasteiger partial charge in [0.15, 0.2) is 0 Å². The molecule has 142 valence electrons. The Morgan fingerprint density at radius 3 is 2.52 bits per heavy atom. The minimum atomic E-state index is -0.00910. The van der Waals surface area contributed by atoms with Crippen molar-refractivity contribution >= 4 is 39.0 Å². The molecule has 1 fully saturated rings. The van der Waals surface area contributed by atoms with Gasteiger partial charge < -0.3 is 20.0 Å². The molecule has 5 nitrogen and oxygen atoms in total. The maximum atomic E-state index is 12.8. The summed E-state index contributed by atoms with van der Waals surface area (Å²) in [5, 5.41) is 3.17. The van der Waals surface area contributed by atoms with Crippen molar-refractivity contribution in [1.29, 1.82) is 0 Å². The fraction of sp³-hybridized carbons (Fsp3) is 0.381. The van der Waals surface area contributed by atoms with Crippen LogP contribution in [0.3, 0.4) is 0 Å². The summed E-state index contributed by atoms with van der Waals surface area (Å²) in [6, 6.07) is 12.7. The second-order valence-corrected chi connectivity index (χ2v) is 8.33. The van der Waals surface area contributed by atoms with E-state index in [1.54, 1.807) is 0 Å². The van der Waals surface area contributed by atoms with E-state index in [2.05, 4.69) is 81.4 Å². The molecule has 0 aromatic heterocycles. The normalized spacial score (nSPS) is 17.1. The molecule has 2 aromatic carbocycles. The Morgan fingerprint density at radius 2 is 1.74 bits per heavy atom. The van der Waals surface area contributed by atoms with E-state index in [1.807, 2.05) is 4.90 Å². The van der Waals surface area contributed by atoms with Gasteiger partial charge in [-0.2, -0.15) is 0 Å². The Morgan fingerprint density at radius 1 is 1.00 bits per heavy atom. The van der Waals surface area contributed by atoms with Gasteiger partial charge in [-0.05, 0) is 61.9 Å². The van der Waals surface area contributed by atoms with Gasteiger partial charge in [0.1, 0.15) is 0 Å². The fourth-order valence-electron chi connectivity index (χ4n) is 3.81. The SMILES string of the molecule is Cc1ccc(N2CCc3cc(Br)ccc32)c(NC(=O)N2CCN(C)CC2)c1. The first-order chi connectivity index (χ1) is 13.0. The second kappa shape index (κ2) is 7.52. The van der Waals surface area contributed by atoms with Crippen molar-refractivity contribution < 1.29 is 4.79 Å². The highest BCUT2D eigenvalue weighted by Crippen LogP contribution is 2.39. The van der Waals surface area contributed by atoms with Crippen molar-refractivity contribution in [1.82, 2.24) is 9.80 Å². The number of hydrogen-bond acceptors (Lipinski definition) is 3. The zero-order chi connectivity index (χ0) is 19.0. The number of fused-ring (bicyclic) bond motifs is 1. The number of halogens is 1. The van der Waals surface area contributed by atoms with Crippen molar-refractivity contribution in [2.45, 2.75) is 13.3 Å². The van der Waals surface area contributed by atoms with Crippen LogP contribution in [0, 0.1) is 6.92 Å². The van der Waals surface area contributed by atoms with Gasteiger partial charge in [-0.3, -0.25) is 0 Å². The van der Waals surface area contributed by atoms with E-state index in [0.717, 1.165) is 60.6 Å². The van der Waals surface area contributed by atoms with Crippen LogP contribution < -0.4 is 10.2 Å². The third-order valence-electron chi connectivity index (χ3n) is 5.41. The lowest BCUT2D eigenvalue weighted by Gasteiger charge is -2.33. The molecule has 2 aliphatic heterocycles. The number of urea groups is 1. The van der Waals surface area contributed by atoms with Crippen LogP contribution in [0.25, 0.3) is 0 Å². The third kappa shape index (κ3) is 3.82. The second-order valence-electron chi connectivity index (χ2n) is 7.42. The van der Waals surface area contributed by atoms with E-state index < -0.39 is 0 Å². The van der Waals surface area contributed by atoms with Crippen molar-refractivity contribution in [3.8, 4) is 0 Å². The molecular formula is C21H25BrN4O. The molecule has 2 aliphatic rings. The standard InChI is InChI=1S/C21H25BrN4O/c1-15-3-5-20(26-8-7-16-14-17(22)4-6-19(16)26)18(13-15)23-21(27)25-11-9-24(2)10-12-25/h3-6,13-14H,7-12H2,1-2H3,(H,23,27). The van der Waals surface area contributed by atoms with Gasteiger partial charge in [-0.25, -0.2) is 4.79 Å². The lowest BCUT2D eigenvalue weighted by Crippen LogP contribution is -2.48. The predicted octanol–water partition coefficient (Wildman–Crippen LogP) is 4.23. The summed E-state index contributed by atoms with van der Waals surface area (Å²) >= 11 is 3.56. The van der Waals surface area contributed by atoms with Gasteiger partial charge in [0.05, 0.1) is 11.4 Å². The Hall–Kier alpha value is -2.05. The molecule has 0 spiro atoms. The number of piperazine rings is 1. The molecule has 0 unspecified atom stereocenters. The van der Waals surface area contributed by atoms with E-state index in [4.69, 9.17) is 0 Å². The molecule has 0 radical (unpaired) electrons. The van der Waals surface area contributed by atoms with E-state index in [9.17, 15) is 4.79 Å². The molecule has 2 amide bonds. The van der Waals surface area contributed by atoms with E-state index >= 15 is 0 Å². The summed E-state index contributed by atoms with van der Waals surface area (Å²) in [7, 11) is 2.09. The summed E-state index contributed by atoms with van der Waals surface area (Å²) in [5.74, 6) is 0. The van der Waals surface area contributed by atoms with Crippen LogP contribution in [0.5, 0.6) is 0 Å². The molecule has 4 rings (SSSR count). The summed E-state index contributed by atoms with van der Waals surface area (Å²) in [4.78, 5) is 19.3. The smallest absolute Gasteiger partial charge is 0.321 e. The van der Waals surface area contributed by atoms with Crippen LogP contribution >= 0.6 is 15.9 Å². The van der Waals surface area contributed by atoms with Gasteiger partial charge in [0.2, 0.25) is 0 Å². The first kappa shape index (κ1) is 18.3. The van der Waals surface area contributed by atoms with Gasteiger partial charge in [-0.15, -0.1) is 0 Å². The Kier molecular flexibility index (Phi) is 5.10. The van der Waals surface area contributed by atoms with Crippen LogP contribution in [0.4, 0.5) is 21.9 Å². The molecule has 1 N–H and O–H groups in total. The Labute approximate surface area is 169 Å². The number of anilines is 3. The van der Waals surface area contributed by atoms with Crippen LogP contribution in [0.2, 0.25) is 0 Å². The lowest BCUT2D eigenvalue weighted by molar-refractivity contribution is 0.164. The highest BCUT2D eigenvalue weighted by Gasteiger charge is 2.25. The fourth-order valence-corrected chi connectivity index (χ4v) is 4.22. The number of carbonyl (C=O) groups is 1. The number of carbonyl (C=O) groups excluding carboxylic acids is 1. The van der Waals surface area contributed by atoms with Gasteiger partial charge in [-0.1, -0.05) is 22.0 Å². The number of rotatable bonds is 2. The minimum Gasteiger partial charge on any atom is -0.339 e. The van der Waals surface area contributed by atoms with E-state index in [1.165, 1.54) is 11.3 Å². The number of likely N-dealkylation sites (N-methyl/N-ethyl adjacent to an activating group) is 1. The highest BCUT2D eigenvalue weighted by molar-refractivity contribution is 9.10. The lowest BCUT2D eigenvalue weighted by atomic mass is 10.1. The van der Waals surface area contributed by atoms with E-state index in [-0.39, 0.29) is 6.03 Å². The number of amides is 2. The maximum absolute atomic E-state index is 12.8. The van der Waals surface area contributed by atoms with Gasteiger partial charge in [0, 0.05) is 42.9 Å². The zero-order valence-corrected chi connectivity index (χ0v) is 17.4. The molecule has 0 aliphatic carbocycles. The average Bonchev–Trinajstić information content (AvgIpc) is 3.05. The van der Waals surface area contributed by atoms with Crippen molar-refractivity contribution in [3.05, 3.63) is 52.0 Å². The zero-order valence-electron chi connectivity index (χ0n) is 15.8. The first-order valence-corrected chi connectivity index (χ1v) is 10.2. The molecule has 0 saturated carbocycles. The molecule has 2 heterocycles. The van der Waals surface area contributed by atoms with Gasteiger partial charge in [0.25, 0.3) is 0 Å². The first-order valence-electron chi connectivity index (χ1n) is 9.42. The quantitative estimate of drug-likeness (QED) is 0.777. The predicted molar refractivity (Wildman–Crippen MR) is 114 cm³/mol. The molecule has 27 heavy (non-hydrogen) atoms. The Bertz CT molecular complexity index is 861. The minimum absolute atomic E-state index is 0.00910. The largest absolute Gasteiger partial charge is 0.339 e. The summed E-state index contributed by atoms with van der Waals surface area (Å²) in [5.41, 5.74) is 5.64. The van der Waals surface area contributed by atoms with Gasteiger partial charge >= 0.3 is 6.03 Å². The molecular weight excluding hydrogens is 404 g/mol. The van der Waals surface area contributed by atoms with Crippen LogP contribution in [-0.2, 0) is 6.42 Å². The van der Waals surface area contributed by atoms with Crippen LogP contribution in [0.1, 0.15) is 11.1 Å². The number of benzene rings is 2. The summed E-state index contributed by atoms with van der Waals surface area (Å²) in [6.45, 7) is 6.36. The third-order valence-corrected chi connectivity index (χ3v) is 5.91. The highest BCUT2D eigenvalue weighted by atomic mass is 79.9. The van der Waals surface area contributed by atoms with Crippen molar-refractivity contribution in [2.24, 2.45) is 0 Å². The number of hydrogen-bond donors (Lipinski definition) is 1. The molecule has 1 saturated heterocycles. The van der Waals surface area contributed by atoms with Crippen LogP contribution in [0.15, 0.2) is 40.9 Å². The topological polar surface area (TPSA) is 38.8 Å². The number of nitrogens with zero attached hydrogens (tertiary/aromatic N) is 3. The summed E-state index contributed by atoms with van der Waals surface area (Å²) < 4.78 is 1.11.